The highest BCUT2D eigenvalue weighted by atomic mass is 16.7. The molecule has 0 unspecified atom stereocenters. The molecule has 0 bridgehead atoms. The lowest BCUT2D eigenvalue weighted by atomic mass is 9.99. The molecule has 48 heavy (non-hydrogen) atoms. The predicted octanol–water partition coefficient (Wildman–Crippen LogP) is 6.34. The van der Waals surface area contributed by atoms with Gasteiger partial charge >= 0.3 is 0 Å². The maximum absolute atomic E-state index is 12.6. The Balaban J connectivity index is 1.09. The molecule has 0 radical (unpaired) electrons. The van der Waals surface area contributed by atoms with E-state index in [1.165, 1.54) is 0 Å². The molecule has 5 rings (SSSR count). The molecule has 0 spiro atoms. The zero-order valence-electron chi connectivity index (χ0n) is 27.9. The smallest absolute Gasteiger partial charge is 0.224 e. The van der Waals surface area contributed by atoms with Crippen molar-refractivity contribution >= 4 is 28.9 Å². The lowest BCUT2D eigenvalue weighted by molar-refractivity contribution is -0.253. The van der Waals surface area contributed by atoms with Gasteiger partial charge in [-0.1, -0.05) is 61.4 Å². The van der Waals surface area contributed by atoms with E-state index in [0.717, 1.165) is 87.0 Å². The van der Waals surface area contributed by atoms with Gasteiger partial charge in [-0.25, -0.2) is 0 Å². The number of methoxy groups -OCH3 is 1. The van der Waals surface area contributed by atoms with Crippen LogP contribution < -0.4 is 16.4 Å². The fourth-order valence-corrected chi connectivity index (χ4v) is 6.51. The summed E-state index contributed by atoms with van der Waals surface area (Å²) in [5.41, 5.74) is 10.6. The van der Waals surface area contributed by atoms with Gasteiger partial charge in [-0.05, 0) is 67.6 Å². The van der Waals surface area contributed by atoms with Crippen molar-refractivity contribution in [2.45, 2.75) is 88.9 Å². The van der Waals surface area contributed by atoms with E-state index in [0.29, 0.717) is 30.3 Å². The Bertz CT molecular complexity index is 1450. The first kappa shape index (κ1) is 35.5. The zero-order chi connectivity index (χ0) is 33.7. The van der Waals surface area contributed by atoms with E-state index in [1.807, 2.05) is 60.7 Å². The van der Waals surface area contributed by atoms with Crippen LogP contribution in [0.15, 0.2) is 72.8 Å². The maximum atomic E-state index is 12.6. The first-order chi connectivity index (χ1) is 23.4. The Morgan fingerprint density at radius 2 is 1.58 bits per heavy atom. The number of benzene rings is 3. The monoisotopic (exact) mass is 658 g/mol. The summed E-state index contributed by atoms with van der Waals surface area (Å²) >= 11 is 0. The van der Waals surface area contributed by atoms with Gasteiger partial charge in [0.1, 0.15) is 0 Å². The standard InChI is InChI=1S/C38H50N4O6/c1-46-26-31-9-8-22-42(31)24-32-23-35(28-16-14-27(25-43)15-17-28)48-38(47-32)29-18-20-30(21-19-29)40-36(44)12-4-2-3-5-13-37(45)41-34-11-7-6-10-33(34)39/h6-7,10-11,14-21,31-32,35,38,43H,2-5,8-9,12-13,22-26,39H2,1H3,(H,40,44)(H,41,45)/t31-,32-,35+,38+/m0/s1. The van der Waals surface area contributed by atoms with Crippen LogP contribution in [0.1, 0.15) is 86.9 Å². The van der Waals surface area contributed by atoms with Crippen LogP contribution in [0, 0.1) is 0 Å². The summed E-state index contributed by atoms with van der Waals surface area (Å²) in [5.74, 6) is -0.0870. The molecule has 3 aromatic rings. The lowest BCUT2D eigenvalue weighted by Gasteiger charge is -2.38. The van der Waals surface area contributed by atoms with E-state index in [9.17, 15) is 14.7 Å². The second-order valence-corrected chi connectivity index (χ2v) is 12.8. The van der Waals surface area contributed by atoms with Crippen LogP contribution >= 0.6 is 0 Å². The summed E-state index contributed by atoms with van der Waals surface area (Å²) in [5, 5.41) is 15.4. The van der Waals surface area contributed by atoms with Gasteiger partial charge in [0.15, 0.2) is 6.29 Å². The first-order valence-electron chi connectivity index (χ1n) is 17.2. The van der Waals surface area contributed by atoms with Crippen molar-refractivity contribution in [3.05, 3.63) is 89.5 Å². The summed E-state index contributed by atoms with van der Waals surface area (Å²) < 4.78 is 18.5. The van der Waals surface area contributed by atoms with E-state index in [-0.39, 0.29) is 30.6 Å². The number of nitrogens with one attached hydrogen (secondary N) is 2. The van der Waals surface area contributed by atoms with Crippen molar-refractivity contribution < 1.29 is 28.9 Å². The molecule has 258 valence electrons. The Morgan fingerprint density at radius 3 is 2.27 bits per heavy atom. The van der Waals surface area contributed by atoms with Crippen molar-refractivity contribution in [3.8, 4) is 0 Å². The van der Waals surface area contributed by atoms with Gasteiger partial charge in [-0.3, -0.25) is 14.5 Å². The Labute approximate surface area is 283 Å². The molecule has 2 saturated heterocycles. The molecule has 0 saturated carbocycles. The number of hydrogen-bond donors (Lipinski definition) is 4. The summed E-state index contributed by atoms with van der Waals surface area (Å²) in [6, 6.07) is 23.2. The quantitative estimate of drug-likeness (QED) is 0.104. The molecule has 4 atom stereocenters. The number of para-hydroxylation sites is 2. The maximum Gasteiger partial charge on any atom is 0.224 e. The fraction of sp³-hybridized carbons (Fsp3) is 0.474. The van der Waals surface area contributed by atoms with E-state index in [1.54, 1.807) is 19.2 Å². The van der Waals surface area contributed by atoms with Crippen LogP contribution in [-0.4, -0.2) is 60.8 Å². The van der Waals surface area contributed by atoms with Gasteiger partial charge in [0.05, 0.1) is 36.8 Å². The molecular formula is C38H50N4O6. The number of unbranched alkanes of at least 4 members (excludes halogenated alkanes) is 3. The molecule has 2 aliphatic heterocycles. The van der Waals surface area contributed by atoms with Gasteiger partial charge in [0.2, 0.25) is 11.8 Å². The van der Waals surface area contributed by atoms with Crippen LogP contribution in [0.3, 0.4) is 0 Å². The molecule has 0 aliphatic carbocycles. The predicted molar refractivity (Wildman–Crippen MR) is 187 cm³/mol. The number of nitrogen functional groups attached to an aromatic ring is 1. The number of aliphatic hydroxyl groups excluding tert-OH is 1. The number of amides is 2. The summed E-state index contributed by atoms with van der Waals surface area (Å²) in [4.78, 5) is 27.3. The molecule has 2 amide bonds. The minimum Gasteiger partial charge on any atom is -0.397 e. The lowest BCUT2D eigenvalue weighted by Crippen LogP contribution is -2.42. The van der Waals surface area contributed by atoms with Crippen molar-refractivity contribution in [1.82, 2.24) is 4.90 Å². The Hall–Kier alpha value is -3.80. The topological polar surface area (TPSA) is 135 Å². The van der Waals surface area contributed by atoms with Gasteiger partial charge < -0.3 is 35.7 Å². The molecular weight excluding hydrogens is 608 g/mol. The Kier molecular flexibility index (Phi) is 13.4. The number of hydrogen-bond acceptors (Lipinski definition) is 8. The van der Waals surface area contributed by atoms with Crippen LogP contribution in [-0.2, 0) is 30.4 Å². The molecule has 2 aliphatic rings. The van der Waals surface area contributed by atoms with Crippen LogP contribution in [0.2, 0.25) is 0 Å². The number of carbonyl (C=O) groups is 2. The third-order valence-corrected chi connectivity index (χ3v) is 9.17. The minimum atomic E-state index is -0.549. The second kappa shape index (κ2) is 18.1. The van der Waals surface area contributed by atoms with Gasteiger partial charge in [-0.2, -0.15) is 0 Å². The number of likely N-dealkylation sites (tertiary alicyclic amines) is 1. The highest BCUT2D eigenvalue weighted by Gasteiger charge is 2.35. The van der Waals surface area contributed by atoms with Gasteiger partial charge in [0, 0.05) is 50.2 Å². The second-order valence-electron chi connectivity index (χ2n) is 12.8. The van der Waals surface area contributed by atoms with E-state index >= 15 is 0 Å². The minimum absolute atomic E-state index is 0.00507. The van der Waals surface area contributed by atoms with Crippen molar-refractivity contribution in [1.29, 1.82) is 0 Å². The van der Waals surface area contributed by atoms with Crippen molar-refractivity contribution in [2.24, 2.45) is 0 Å². The average molecular weight is 659 g/mol. The third kappa shape index (κ3) is 10.3. The molecule has 3 aromatic carbocycles. The van der Waals surface area contributed by atoms with Crippen LogP contribution in [0.4, 0.5) is 17.1 Å². The third-order valence-electron chi connectivity index (χ3n) is 9.17. The van der Waals surface area contributed by atoms with E-state index < -0.39 is 6.29 Å². The van der Waals surface area contributed by atoms with Crippen LogP contribution in [0.25, 0.3) is 0 Å². The largest absolute Gasteiger partial charge is 0.397 e. The number of nitrogens with zero attached hydrogens (tertiary/aromatic N) is 1. The van der Waals surface area contributed by atoms with E-state index in [2.05, 4.69) is 15.5 Å². The van der Waals surface area contributed by atoms with Gasteiger partial charge in [0.25, 0.3) is 0 Å². The summed E-state index contributed by atoms with van der Waals surface area (Å²) in [7, 11) is 1.76. The molecule has 0 aromatic heterocycles. The SMILES string of the molecule is COC[C@@H]1CCCN1C[C@@H]1C[C@H](c2ccc(CO)cc2)O[C@H](c2ccc(NC(=O)CCCCCCC(=O)Nc3ccccc3N)cc2)O1. The molecule has 5 N–H and O–H groups in total. The molecule has 10 nitrogen and oxygen atoms in total. The zero-order valence-corrected chi connectivity index (χ0v) is 27.9. The summed E-state index contributed by atoms with van der Waals surface area (Å²) in [6.07, 6.45) is 6.39. The summed E-state index contributed by atoms with van der Waals surface area (Å²) in [6.45, 7) is 2.57. The number of carbonyl (C=O) groups excluding carboxylic acids is 2. The Morgan fingerprint density at radius 1 is 0.896 bits per heavy atom. The average Bonchev–Trinajstić information content (AvgIpc) is 3.53. The van der Waals surface area contributed by atoms with Crippen molar-refractivity contribution in [2.75, 3.05) is 43.2 Å². The molecule has 2 fully saturated rings. The number of nitrogens with two attached hydrogens (primary N) is 1. The number of anilines is 3. The molecule has 2 heterocycles. The highest BCUT2D eigenvalue weighted by Crippen LogP contribution is 2.39. The fourth-order valence-electron chi connectivity index (χ4n) is 6.51. The number of rotatable bonds is 16. The van der Waals surface area contributed by atoms with Crippen LogP contribution in [0.5, 0.6) is 0 Å². The normalized spacial score (nSPS) is 21.2. The van der Waals surface area contributed by atoms with E-state index in [4.69, 9.17) is 19.9 Å². The highest BCUT2D eigenvalue weighted by molar-refractivity contribution is 5.93. The van der Waals surface area contributed by atoms with Gasteiger partial charge in [-0.15, -0.1) is 0 Å². The number of ether oxygens (including phenoxy) is 3. The number of aliphatic hydroxyl groups is 1. The molecule has 10 heteroatoms. The van der Waals surface area contributed by atoms with Crippen molar-refractivity contribution in [3.63, 3.8) is 0 Å². The first-order valence-corrected chi connectivity index (χ1v) is 17.2.